The zero-order valence-corrected chi connectivity index (χ0v) is 24.5. The summed E-state index contributed by atoms with van der Waals surface area (Å²) in [5, 5.41) is 2.37. The fourth-order valence-corrected chi connectivity index (χ4v) is 6.54. The van der Waals surface area contributed by atoms with Crippen molar-refractivity contribution in [2.24, 2.45) is 12.5 Å². The van der Waals surface area contributed by atoms with E-state index >= 15 is 0 Å². The minimum absolute atomic E-state index is 0.182. The normalized spacial score (nSPS) is 22.9. The molecule has 1 N–H and O–H groups in total. The van der Waals surface area contributed by atoms with Gasteiger partial charge < -0.3 is 14.5 Å². The lowest BCUT2D eigenvalue weighted by molar-refractivity contribution is -0.135. The average Bonchev–Trinajstić information content (AvgIpc) is 3.13. The molecule has 5 rings (SSSR count). The Kier molecular flexibility index (Phi) is 7.58. The second kappa shape index (κ2) is 10.7. The fourth-order valence-electron chi connectivity index (χ4n) is 6.54. The highest BCUT2D eigenvalue weighted by Crippen LogP contribution is 2.36. The van der Waals surface area contributed by atoms with Crippen LogP contribution in [-0.4, -0.2) is 75.2 Å². The summed E-state index contributed by atoms with van der Waals surface area (Å²) in [6.07, 6.45) is 4.40. The van der Waals surface area contributed by atoms with E-state index in [0.29, 0.717) is 12.3 Å². The number of aromatic nitrogens is 2. The molecule has 1 unspecified atom stereocenters. The van der Waals surface area contributed by atoms with Crippen molar-refractivity contribution in [1.29, 1.82) is 0 Å². The lowest BCUT2D eigenvalue weighted by Gasteiger charge is -2.44. The third-order valence-corrected chi connectivity index (χ3v) is 8.92. The maximum Gasteiger partial charge on any atom is 0.410 e. The smallest absolute Gasteiger partial charge is 0.410 e. The highest BCUT2D eigenvalue weighted by molar-refractivity contribution is 6.00. The Labute approximate surface area is 235 Å². The summed E-state index contributed by atoms with van der Waals surface area (Å²) >= 11 is 0. The Morgan fingerprint density at radius 3 is 2.33 bits per heavy atom. The molecule has 0 radical (unpaired) electrons. The number of imidazole rings is 1. The summed E-state index contributed by atoms with van der Waals surface area (Å²) in [6, 6.07) is 5.49. The Balaban J connectivity index is 1.20. The minimum Gasteiger partial charge on any atom is -0.444 e. The SMILES string of the molecule is Cn1c(=O)n(C2CCC(=O)NC2=O)c2ccc(C3CCN(CC4(C)CCN(C(=O)OC(C)(C)C)CC4)CC3)cc21. The van der Waals surface area contributed by atoms with Gasteiger partial charge in [0.15, 0.2) is 0 Å². The topological polar surface area (TPSA) is 106 Å². The van der Waals surface area contributed by atoms with Crippen LogP contribution < -0.4 is 11.0 Å². The second-order valence-electron chi connectivity index (χ2n) is 13.3. The molecule has 2 aromatic rings. The van der Waals surface area contributed by atoms with Gasteiger partial charge in [-0.25, -0.2) is 9.59 Å². The van der Waals surface area contributed by atoms with Crippen LogP contribution >= 0.6 is 0 Å². The van der Waals surface area contributed by atoms with Gasteiger partial charge in [0.2, 0.25) is 11.8 Å². The molecule has 10 heteroatoms. The van der Waals surface area contributed by atoms with Crippen LogP contribution in [0.3, 0.4) is 0 Å². The molecule has 0 spiro atoms. The molecule has 0 bridgehead atoms. The van der Waals surface area contributed by atoms with Crippen molar-refractivity contribution in [3.05, 3.63) is 34.2 Å². The molecule has 10 nitrogen and oxygen atoms in total. The van der Waals surface area contributed by atoms with E-state index in [1.807, 2.05) is 31.7 Å². The number of carbonyl (C=O) groups excluding carboxylic acids is 3. The van der Waals surface area contributed by atoms with E-state index < -0.39 is 17.6 Å². The molecule has 4 heterocycles. The van der Waals surface area contributed by atoms with E-state index in [0.717, 1.165) is 69.4 Å². The van der Waals surface area contributed by atoms with Crippen molar-refractivity contribution < 1.29 is 19.1 Å². The maximum atomic E-state index is 13.1. The van der Waals surface area contributed by atoms with Crippen molar-refractivity contribution in [2.75, 3.05) is 32.7 Å². The van der Waals surface area contributed by atoms with Gasteiger partial charge in [-0.15, -0.1) is 0 Å². The summed E-state index contributed by atoms with van der Waals surface area (Å²) in [4.78, 5) is 54.1. The lowest BCUT2D eigenvalue weighted by Crippen LogP contribution is -2.48. The molecular weight excluding hydrogens is 510 g/mol. The number of nitrogens with zero attached hydrogens (tertiary/aromatic N) is 4. The van der Waals surface area contributed by atoms with Gasteiger partial charge in [0, 0.05) is 33.1 Å². The van der Waals surface area contributed by atoms with Crippen LogP contribution in [0.25, 0.3) is 11.0 Å². The number of nitrogens with one attached hydrogen (secondary N) is 1. The number of rotatable bonds is 4. The van der Waals surface area contributed by atoms with Crippen molar-refractivity contribution in [1.82, 2.24) is 24.3 Å². The van der Waals surface area contributed by atoms with Gasteiger partial charge in [-0.2, -0.15) is 0 Å². The third-order valence-electron chi connectivity index (χ3n) is 8.92. The second-order valence-corrected chi connectivity index (χ2v) is 13.3. The molecule has 3 amide bonds. The number of likely N-dealkylation sites (tertiary alicyclic amines) is 2. The van der Waals surface area contributed by atoms with Crippen molar-refractivity contribution in [3.63, 3.8) is 0 Å². The van der Waals surface area contributed by atoms with Crippen molar-refractivity contribution in [2.45, 2.75) is 83.8 Å². The van der Waals surface area contributed by atoms with E-state index in [-0.39, 0.29) is 29.5 Å². The van der Waals surface area contributed by atoms with Crippen LogP contribution in [0, 0.1) is 5.41 Å². The molecule has 1 atom stereocenters. The van der Waals surface area contributed by atoms with Gasteiger partial charge >= 0.3 is 11.8 Å². The van der Waals surface area contributed by atoms with Crippen LogP contribution in [0.4, 0.5) is 4.79 Å². The van der Waals surface area contributed by atoms with Gasteiger partial charge in [-0.3, -0.25) is 24.0 Å². The molecule has 3 aliphatic heterocycles. The molecule has 40 heavy (non-hydrogen) atoms. The third kappa shape index (κ3) is 5.82. The van der Waals surface area contributed by atoms with Crippen LogP contribution in [0.15, 0.2) is 23.0 Å². The highest BCUT2D eigenvalue weighted by atomic mass is 16.6. The maximum absolute atomic E-state index is 13.1. The Morgan fingerprint density at radius 1 is 1.02 bits per heavy atom. The van der Waals surface area contributed by atoms with E-state index in [1.54, 1.807) is 11.6 Å². The molecule has 1 aromatic heterocycles. The van der Waals surface area contributed by atoms with E-state index in [1.165, 1.54) is 10.1 Å². The molecule has 1 aromatic carbocycles. The largest absolute Gasteiger partial charge is 0.444 e. The predicted octanol–water partition coefficient (Wildman–Crippen LogP) is 3.53. The van der Waals surface area contributed by atoms with E-state index in [9.17, 15) is 19.2 Å². The number of fused-ring (bicyclic) bond motifs is 1. The first kappa shape index (κ1) is 28.4. The first-order valence-corrected chi connectivity index (χ1v) is 14.6. The van der Waals surface area contributed by atoms with Gasteiger partial charge in [0.25, 0.3) is 0 Å². The van der Waals surface area contributed by atoms with Crippen molar-refractivity contribution in [3.8, 4) is 0 Å². The van der Waals surface area contributed by atoms with Crippen molar-refractivity contribution >= 4 is 28.9 Å². The monoisotopic (exact) mass is 553 g/mol. The summed E-state index contributed by atoms with van der Waals surface area (Å²) < 4.78 is 8.71. The Bertz CT molecular complexity index is 1350. The lowest BCUT2D eigenvalue weighted by atomic mass is 9.79. The minimum atomic E-state index is -0.666. The zero-order chi connectivity index (χ0) is 28.8. The van der Waals surface area contributed by atoms with Gasteiger partial charge in [0.05, 0.1) is 11.0 Å². The van der Waals surface area contributed by atoms with Gasteiger partial charge in [0.1, 0.15) is 11.6 Å². The van der Waals surface area contributed by atoms with E-state index in [4.69, 9.17) is 4.74 Å². The number of hydrogen-bond donors (Lipinski definition) is 1. The number of imide groups is 1. The van der Waals surface area contributed by atoms with Crippen LogP contribution in [0.1, 0.15) is 83.7 Å². The summed E-state index contributed by atoms with van der Waals surface area (Å²) in [5.41, 5.74) is 2.25. The van der Waals surface area contributed by atoms with Crippen LogP contribution in [-0.2, 0) is 21.4 Å². The van der Waals surface area contributed by atoms with Crippen LogP contribution in [0.2, 0.25) is 0 Å². The number of amides is 3. The standard InChI is InChI=1S/C30H43N5O5/c1-29(2,3)40-28(39)34-16-12-30(4,13-17-34)19-33-14-10-20(11-15-33)21-6-7-22-24(18-21)32(5)27(38)35(22)23-8-9-25(36)31-26(23)37/h6-7,18,20,23H,8-17,19H2,1-5H3,(H,31,36,37). The number of carbonyl (C=O) groups is 3. The fraction of sp³-hybridized carbons (Fsp3) is 0.667. The average molecular weight is 554 g/mol. The summed E-state index contributed by atoms with van der Waals surface area (Å²) in [6.45, 7) is 12.6. The summed E-state index contributed by atoms with van der Waals surface area (Å²) in [5.74, 6) is -0.286. The molecule has 0 saturated carbocycles. The predicted molar refractivity (Wildman–Crippen MR) is 152 cm³/mol. The quantitative estimate of drug-likeness (QED) is 0.581. The first-order chi connectivity index (χ1) is 18.8. The number of benzene rings is 1. The molecule has 3 saturated heterocycles. The molecular formula is C30H43N5O5. The molecule has 218 valence electrons. The van der Waals surface area contributed by atoms with Crippen LogP contribution in [0.5, 0.6) is 0 Å². The van der Waals surface area contributed by atoms with E-state index in [2.05, 4.69) is 29.3 Å². The molecule has 3 fully saturated rings. The molecule has 3 aliphatic rings. The highest BCUT2D eigenvalue weighted by Gasteiger charge is 2.36. The molecule has 0 aliphatic carbocycles. The first-order valence-electron chi connectivity index (χ1n) is 14.6. The number of aryl methyl sites for hydroxylation is 1. The zero-order valence-electron chi connectivity index (χ0n) is 24.5. The Hall–Kier alpha value is -3.14. The number of ether oxygens (including phenoxy) is 1. The summed E-state index contributed by atoms with van der Waals surface area (Å²) in [7, 11) is 1.74. The number of hydrogen-bond acceptors (Lipinski definition) is 6. The van der Waals surface area contributed by atoms with Gasteiger partial charge in [-0.05, 0) is 95.0 Å². The number of piperidine rings is 3. The Morgan fingerprint density at radius 2 is 1.70 bits per heavy atom. The van der Waals surface area contributed by atoms with Gasteiger partial charge in [-0.1, -0.05) is 13.0 Å².